The van der Waals surface area contributed by atoms with E-state index < -0.39 is 83.6 Å². The zero-order chi connectivity index (χ0) is 69.8. The molecule has 0 atom stereocenters. The van der Waals surface area contributed by atoms with E-state index in [1.54, 1.807) is 0 Å². The minimum atomic E-state index is -0.793. The van der Waals surface area contributed by atoms with Crippen molar-refractivity contribution in [2.24, 2.45) is 0 Å². The first-order valence-corrected chi connectivity index (χ1v) is 29.5. The van der Waals surface area contributed by atoms with Crippen molar-refractivity contribution in [3.63, 3.8) is 0 Å². The van der Waals surface area contributed by atoms with Crippen molar-refractivity contribution in [3.05, 3.63) is 248 Å². The van der Waals surface area contributed by atoms with Gasteiger partial charge in [-0.1, -0.05) is 0 Å². The Bertz CT molecular complexity index is 3050. The summed E-state index contributed by atoms with van der Waals surface area (Å²) in [5, 5.41) is 0. The van der Waals surface area contributed by atoms with Crippen LogP contribution in [0.25, 0.3) is 0 Å². The summed E-state index contributed by atoms with van der Waals surface area (Å²) in [4.78, 5) is 177. The molecule has 0 fully saturated rings. The van der Waals surface area contributed by atoms with Gasteiger partial charge >= 0.3 is 83.6 Å². The third kappa shape index (κ3) is 21.3. The molecular weight excluding hydrogens is 1290 g/mol. The Morgan fingerprint density at radius 1 is 0.112 bits per heavy atom. The maximum absolute atomic E-state index is 12.6. The van der Waals surface area contributed by atoms with Gasteiger partial charge < -0.3 is 66.3 Å². The van der Waals surface area contributed by atoms with Gasteiger partial charge in [0.05, 0.1) is 77.9 Å². The Kier molecular flexibility index (Phi) is 26.0. The van der Waals surface area contributed by atoms with E-state index in [2.05, 4.69) is 0 Å². The molecule has 7 aromatic rings. The highest BCUT2D eigenvalue weighted by molar-refractivity contribution is 5.98. The molecule has 15 rings (SSSR count). The van der Waals surface area contributed by atoms with Gasteiger partial charge in [0.25, 0.3) is 0 Å². The zero-order valence-corrected chi connectivity index (χ0v) is 51.5. The van der Waals surface area contributed by atoms with E-state index in [1.165, 1.54) is 170 Å². The maximum Gasteiger partial charge on any atom is 0.338 e. The van der Waals surface area contributed by atoms with Crippen LogP contribution in [0.4, 0.5) is 0 Å². The molecule has 14 bridgehead atoms. The van der Waals surface area contributed by atoms with E-state index in [1.807, 2.05) is 0 Å². The van der Waals surface area contributed by atoms with Gasteiger partial charge in [0.1, 0.15) is 92.5 Å². The van der Waals surface area contributed by atoms with Gasteiger partial charge in [-0.15, -0.1) is 0 Å². The van der Waals surface area contributed by atoms with Crippen molar-refractivity contribution in [2.45, 2.75) is 0 Å². The summed E-state index contributed by atoms with van der Waals surface area (Å²) in [6, 6.07) is 36.5. The predicted octanol–water partition coefficient (Wildman–Crippen LogP) is 7.10. The molecule has 0 radical (unpaired) electrons. The highest BCUT2D eigenvalue weighted by Crippen LogP contribution is 2.16. The largest absolute Gasteiger partial charge is 0.458 e. The Balaban J connectivity index is 0.789. The van der Waals surface area contributed by atoms with Gasteiger partial charge in [0.2, 0.25) is 0 Å². The number of rotatable bonds is 0. The fourth-order valence-corrected chi connectivity index (χ4v) is 8.24. The third-order valence-corrected chi connectivity index (χ3v) is 13.3. The minimum absolute atomic E-state index is 0.0595. The van der Waals surface area contributed by atoms with E-state index >= 15 is 0 Å². The minimum Gasteiger partial charge on any atom is -0.458 e. The first kappa shape index (κ1) is 71.0. The zero-order valence-electron chi connectivity index (χ0n) is 51.5. The first-order valence-electron chi connectivity index (χ1n) is 29.5. The van der Waals surface area contributed by atoms with Crippen molar-refractivity contribution in [1.82, 2.24) is 0 Å². The van der Waals surface area contributed by atoms with Gasteiger partial charge in [-0.05, 0) is 170 Å². The van der Waals surface area contributed by atoms with Crippen LogP contribution in [-0.2, 0) is 66.3 Å². The quantitative estimate of drug-likeness (QED) is 0.108. The molecule has 7 aromatic carbocycles. The average molecular weight is 1350 g/mol. The molecule has 0 amide bonds. The molecule has 0 spiro atoms. The van der Waals surface area contributed by atoms with Crippen LogP contribution in [0.3, 0.4) is 0 Å². The number of benzene rings is 7. The molecule has 0 aromatic heterocycles. The normalized spacial score (nSPS) is 16.0. The van der Waals surface area contributed by atoms with Crippen molar-refractivity contribution in [1.29, 1.82) is 0 Å². The van der Waals surface area contributed by atoms with E-state index in [9.17, 15) is 67.1 Å². The number of esters is 14. The van der Waals surface area contributed by atoms with E-state index in [0.717, 1.165) is 0 Å². The first-order chi connectivity index (χ1) is 47.4. The van der Waals surface area contributed by atoms with Crippen LogP contribution in [0.2, 0.25) is 0 Å². The number of hydrogen-bond donors (Lipinski definition) is 0. The Morgan fingerprint density at radius 2 is 0.163 bits per heavy atom. The molecule has 504 valence electrons. The van der Waals surface area contributed by atoms with Crippen LogP contribution in [-0.4, -0.2) is 176 Å². The maximum atomic E-state index is 12.6. The lowest BCUT2D eigenvalue weighted by Gasteiger charge is -2.09. The highest BCUT2D eigenvalue weighted by atomic mass is 16.6. The summed E-state index contributed by atoms with van der Waals surface area (Å²) in [6.45, 7) is -4.65. The van der Waals surface area contributed by atoms with Crippen LogP contribution in [0, 0.1) is 0 Å². The van der Waals surface area contributed by atoms with Crippen LogP contribution < -0.4 is 0 Å². The number of ether oxygens (including phenoxy) is 14. The number of carbonyl (C=O) groups is 14. The molecule has 28 heteroatoms. The fraction of sp³-hybridized carbons (Fsp3) is 0.200. The van der Waals surface area contributed by atoms with Gasteiger partial charge in [-0.2, -0.15) is 0 Å². The van der Waals surface area contributed by atoms with Gasteiger partial charge in [0, 0.05) is 0 Å². The number of fused-ring (bicyclic) bond motifs is 7. The second-order valence-corrected chi connectivity index (χ2v) is 19.9. The molecule has 0 saturated heterocycles. The molecule has 8 aliphatic rings. The van der Waals surface area contributed by atoms with E-state index in [4.69, 9.17) is 66.3 Å². The lowest BCUT2D eigenvalue weighted by Crippen LogP contribution is -2.16. The molecule has 0 saturated carbocycles. The lowest BCUT2D eigenvalue weighted by molar-refractivity contribution is 0.0260. The van der Waals surface area contributed by atoms with Gasteiger partial charge in [0.15, 0.2) is 0 Å². The molecule has 98 heavy (non-hydrogen) atoms. The van der Waals surface area contributed by atoms with Gasteiger partial charge in [-0.3, -0.25) is 0 Å². The highest BCUT2D eigenvalue weighted by Gasteiger charge is 2.20. The molecule has 8 aliphatic heterocycles. The van der Waals surface area contributed by atoms with Crippen molar-refractivity contribution in [2.75, 3.05) is 92.5 Å². The Morgan fingerprint density at radius 3 is 0.214 bits per heavy atom. The second kappa shape index (κ2) is 36.0. The Hall–Kier alpha value is -12.9. The molecule has 8 heterocycles. The summed E-state index contributed by atoms with van der Waals surface area (Å²) in [6.07, 6.45) is 0. The van der Waals surface area contributed by atoms with E-state index in [0.29, 0.717) is 0 Å². The van der Waals surface area contributed by atoms with Crippen LogP contribution in [0.5, 0.6) is 0 Å². The summed E-state index contributed by atoms with van der Waals surface area (Å²) in [7, 11) is 0. The monoisotopic (exact) mass is 1340 g/mol. The number of hydrogen-bond acceptors (Lipinski definition) is 28. The van der Waals surface area contributed by atoms with Gasteiger partial charge in [-0.25, -0.2) is 67.1 Å². The fourth-order valence-electron chi connectivity index (χ4n) is 8.24. The van der Waals surface area contributed by atoms with Crippen LogP contribution in [0.1, 0.15) is 145 Å². The van der Waals surface area contributed by atoms with Crippen molar-refractivity contribution < 1.29 is 133 Å². The predicted molar refractivity (Wildman–Crippen MR) is 329 cm³/mol. The van der Waals surface area contributed by atoms with Crippen LogP contribution >= 0.6 is 0 Å². The van der Waals surface area contributed by atoms with Crippen molar-refractivity contribution in [3.8, 4) is 0 Å². The summed E-state index contributed by atoms with van der Waals surface area (Å²) < 4.78 is 72.3. The summed E-state index contributed by atoms with van der Waals surface area (Å²) in [5.74, 6) is -11.1. The SMILES string of the molecule is O=C1OCCOC(=O)c2ccc(cc2)C(=O)OCCOC(=O)c2ccc(cc2)C(=O)OCCOC(=O)c2ccc(cc2)C(=O)OCCOC(=O)c2ccc(cc2)C(=O)OCCOC(=O)c2ccc(cc2)C(=O)OCCOC(=O)c2ccc(cc2)C(=O)OCCOC(=O)c2ccc1cc2. The smallest absolute Gasteiger partial charge is 0.338 e. The number of carbonyl (C=O) groups excluding carboxylic acids is 14. The molecular formula is C70H56O28. The standard InChI is InChI=1S/C70H56O28/c71-57-43-1-2-44(4-3-43)58(72)86-31-32-88-60(74)46-9-11-48(12-10-46)62(76)90-35-36-92-64(78)50-17-19-52(20-18-50)66(80)94-39-40-96-68(82)54-25-27-56(28-26-54)70(84)98-42-41-97-69(83)55-23-21-53(22-24-55)67(81)95-38-37-93-65(79)51-15-13-49(14-16-51)63(77)91-34-33-89-61(75)47-7-5-45(6-8-47)59(73)87-30-29-85-57/h1-28H,29-42H2. The second-order valence-electron chi connectivity index (χ2n) is 19.9. The average Bonchev–Trinajstić information content (AvgIpc) is 1.01. The summed E-state index contributed by atoms with van der Waals surface area (Å²) in [5.41, 5.74) is 0.833. The molecule has 0 unspecified atom stereocenters. The summed E-state index contributed by atoms with van der Waals surface area (Å²) >= 11 is 0. The molecule has 0 aliphatic carbocycles. The van der Waals surface area contributed by atoms with Crippen LogP contribution in [0.15, 0.2) is 170 Å². The molecule has 28 nitrogen and oxygen atoms in total. The third-order valence-electron chi connectivity index (χ3n) is 13.3. The Labute approximate surface area is 555 Å². The lowest BCUT2D eigenvalue weighted by atomic mass is 10.1. The van der Waals surface area contributed by atoms with E-state index in [-0.39, 0.29) is 170 Å². The topological polar surface area (TPSA) is 368 Å². The molecule has 0 N–H and O–H groups in total. The van der Waals surface area contributed by atoms with Crippen molar-refractivity contribution >= 4 is 83.6 Å².